The van der Waals surface area contributed by atoms with E-state index in [4.69, 9.17) is 15.2 Å². The SMILES string of the molecule is COc1ccc2ccccc2c1C(OC)c1cccc(N)c1. The van der Waals surface area contributed by atoms with Crippen molar-refractivity contribution in [3.63, 3.8) is 0 Å². The van der Waals surface area contributed by atoms with E-state index in [2.05, 4.69) is 18.2 Å². The zero-order valence-corrected chi connectivity index (χ0v) is 12.7. The van der Waals surface area contributed by atoms with E-state index < -0.39 is 0 Å². The number of anilines is 1. The summed E-state index contributed by atoms with van der Waals surface area (Å²) in [4.78, 5) is 0. The summed E-state index contributed by atoms with van der Waals surface area (Å²) in [6.07, 6.45) is -0.232. The lowest BCUT2D eigenvalue weighted by atomic mass is 9.94. The molecule has 0 aliphatic rings. The van der Waals surface area contributed by atoms with Crippen LogP contribution in [0.3, 0.4) is 0 Å². The molecule has 0 aliphatic carbocycles. The van der Waals surface area contributed by atoms with Gasteiger partial charge in [-0.1, -0.05) is 42.5 Å². The predicted molar refractivity (Wildman–Crippen MR) is 90.2 cm³/mol. The third kappa shape index (κ3) is 2.51. The fourth-order valence-electron chi connectivity index (χ4n) is 2.87. The van der Waals surface area contributed by atoms with E-state index in [1.54, 1.807) is 14.2 Å². The van der Waals surface area contributed by atoms with Gasteiger partial charge in [0.25, 0.3) is 0 Å². The van der Waals surface area contributed by atoms with Gasteiger partial charge in [0.2, 0.25) is 0 Å². The lowest BCUT2D eigenvalue weighted by molar-refractivity contribution is 0.135. The van der Waals surface area contributed by atoms with Crippen molar-refractivity contribution >= 4 is 16.5 Å². The number of nitrogens with two attached hydrogens (primary N) is 1. The first kappa shape index (κ1) is 14.4. The van der Waals surface area contributed by atoms with Gasteiger partial charge in [0.15, 0.2) is 0 Å². The Kier molecular flexibility index (Phi) is 3.98. The largest absolute Gasteiger partial charge is 0.496 e. The number of benzene rings is 3. The summed E-state index contributed by atoms with van der Waals surface area (Å²) in [7, 11) is 3.38. The highest BCUT2D eigenvalue weighted by atomic mass is 16.5. The molecule has 22 heavy (non-hydrogen) atoms. The minimum Gasteiger partial charge on any atom is -0.496 e. The molecule has 1 atom stereocenters. The van der Waals surface area contributed by atoms with Gasteiger partial charge in [-0.15, -0.1) is 0 Å². The van der Waals surface area contributed by atoms with E-state index in [0.717, 1.165) is 33.3 Å². The smallest absolute Gasteiger partial charge is 0.125 e. The van der Waals surface area contributed by atoms with E-state index in [0.29, 0.717) is 0 Å². The van der Waals surface area contributed by atoms with E-state index in [1.807, 2.05) is 42.5 Å². The maximum absolute atomic E-state index is 5.93. The van der Waals surface area contributed by atoms with Gasteiger partial charge in [-0.25, -0.2) is 0 Å². The highest BCUT2D eigenvalue weighted by Gasteiger charge is 2.21. The number of methoxy groups -OCH3 is 2. The summed E-state index contributed by atoms with van der Waals surface area (Å²) in [5.41, 5.74) is 8.68. The average molecular weight is 293 g/mol. The molecule has 0 saturated carbocycles. The first-order valence-electron chi connectivity index (χ1n) is 7.18. The zero-order valence-electron chi connectivity index (χ0n) is 12.7. The second kappa shape index (κ2) is 6.08. The molecule has 1 unspecified atom stereocenters. The first-order chi connectivity index (χ1) is 10.7. The molecule has 0 heterocycles. The average Bonchev–Trinajstić information content (AvgIpc) is 2.56. The van der Waals surface area contributed by atoms with Crippen molar-refractivity contribution in [1.82, 2.24) is 0 Å². The van der Waals surface area contributed by atoms with Crippen LogP contribution in [0.15, 0.2) is 60.7 Å². The van der Waals surface area contributed by atoms with Crippen LogP contribution >= 0.6 is 0 Å². The second-order valence-electron chi connectivity index (χ2n) is 5.19. The fourth-order valence-corrected chi connectivity index (χ4v) is 2.87. The van der Waals surface area contributed by atoms with Crippen LogP contribution in [0, 0.1) is 0 Å². The molecule has 0 radical (unpaired) electrons. The summed E-state index contributed by atoms with van der Waals surface area (Å²) in [6.45, 7) is 0. The van der Waals surface area contributed by atoms with E-state index in [9.17, 15) is 0 Å². The Morgan fingerprint density at radius 1 is 0.909 bits per heavy atom. The minimum atomic E-state index is -0.232. The molecule has 3 aromatic carbocycles. The van der Waals surface area contributed by atoms with Gasteiger partial charge in [-0.3, -0.25) is 0 Å². The molecule has 112 valence electrons. The van der Waals surface area contributed by atoms with Crippen LogP contribution < -0.4 is 10.5 Å². The molecule has 3 rings (SSSR count). The monoisotopic (exact) mass is 293 g/mol. The van der Waals surface area contributed by atoms with Gasteiger partial charge in [-0.2, -0.15) is 0 Å². The number of ether oxygens (including phenoxy) is 2. The Labute approximate surface area is 130 Å². The Hall–Kier alpha value is -2.52. The lowest BCUT2D eigenvalue weighted by Gasteiger charge is -2.21. The summed E-state index contributed by atoms with van der Waals surface area (Å²) < 4.78 is 11.4. The molecule has 2 N–H and O–H groups in total. The summed E-state index contributed by atoms with van der Waals surface area (Å²) in [5.74, 6) is 0.813. The Morgan fingerprint density at radius 3 is 2.45 bits per heavy atom. The van der Waals surface area contributed by atoms with Crippen LogP contribution in [0.1, 0.15) is 17.2 Å². The summed E-state index contributed by atoms with van der Waals surface area (Å²) >= 11 is 0. The fraction of sp³-hybridized carbons (Fsp3) is 0.158. The number of hydrogen-bond donors (Lipinski definition) is 1. The van der Waals surface area contributed by atoms with Gasteiger partial charge < -0.3 is 15.2 Å². The van der Waals surface area contributed by atoms with Crippen LogP contribution in [-0.2, 0) is 4.74 Å². The van der Waals surface area contributed by atoms with Gasteiger partial charge >= 0.3 is 0 Å². The van der Waals surface area contributed by atoms with Crippen molar-refractivity contribution in [2.75, 3.05) is 20.0 Å². The van der Waals surface area contributed by atoms with E-state index in [1.165, 1.54) is 0 Å². The second-order valence-corrected chi connectivity index (χ2v) is 5.19. The Balaban J connectivity index is 2.25. The molecule has 0 fully saturated rings. The Bertz CT molecular complexity index is 798. The van der Waals surface area contributed by atoms with Crippen LogP contribution in [0.5, 0.6) is 5.75 Å². The van der Waals surface area contributed by atoms with Crippen molar-refractivity contribution in [2.24, 2.45) is 0 Å². The standard InChI is InChI=1S/C19H19NO2/c1-21-17-11-10-13-6-3-4-9-16(13)18(17)19(22-2)14-7-5-8-15(20)12-14/h3-12,19H,20H2,1-2H3. The highest BCUT2D eigenvalue weighted by molar-refractivity contribution is 5.88. The third-order valence-electron chi connectivity index (χ3n) is 3.86. The molecule has 0 bridgehead atoms. The molecule has 0 aliphatic heterocycles. The molecule has 0 saturated heterocycles. The highest BCUT2D eigenvalue weighted by Crippen LogP contribution is 2.38. The molecule has 3 nitrogen and oxygen atoms in total. The Morgan fingerprint density at radius 2 is 1.73 bits per heavy atom. The normalized spacial score (nSPS) is 12.3. The van der Waals surface area contributed by atoms with Crippen molar-refractivity contribution in [3.05, 3.63) is 71.8 Å². The van der Waals surface area contributed by atoms with Crippen molar-refractivity contribution in [1.29, 1.82) is 0 Å². The van der Waals surface area contributed by atoms with Crippen LogP contribution in [0.4, 0.5) is 5.69 Å². The molecule has 0 spiro atoms. The van der Waals surface area contributed by atoms with E-state index >= 15 is 0 Å². The zero-order chi connectivity index (χ0) is 15.5. The van der Waals surface area contributed by atoms with Crippen molar-refractivity contribution < 1.29 is 9.47 Å². The van der Waals surface area contributed by atoms with Crippen molar-refractivity contribution in [3.8, 4) is 5.75 Å². The van der Waals surface area contributed by atoms with Gasteiger partial charge in [0, 0.05) is 18.4 Å². The van der Waals surface area contributed by atoms with Gasteiger partial charge in [0.05, 0.1) is 7.11 Å². The predicted octanol–water partition coefficient (Wildman–Crippen LogP) is 4.17. The van der Waals surface area contributed by atoms with E-state index in [-0.39, 0.29) is 6.10 Å². The number of rotatable bonds is 4. The van der Waals surface area contributed by atoms with Crippen LogP contribution in [0.25, 0.3) is 10.8 Å². The molecule has 3 heteroatoms. The maximum Gasteiger partial charge on any atom is 0.125 e. The quantitative estimate of drug-likeness (QED) is 0.734. The third-order valence-corrected chi connectivity index (χ3v) is 3.86. The first-order valence-corrected chi connectivity index (χ1v) is 7.18. The minimum absolute atomic E-state index is 0.232. The topological polar surface area (TPSA) is 44.5 Å². The lowest BCUT2D eigenvalue weighted by Crippen LogP contribution is -2.07. The van der Waals surface area contributed by atoms with Gasteiger partial charge in [0.1, 0.15) is 11.9 Å². The number of hydrogen-bond acceptors (Lipinski definition) is 3. The summed E-state index contributed by atoms with van der Waals surface area (Å²) in [5, 5.41) is 2.28. The van der Waals surface area contributed by atoms with Crippen LogP contribution in [0.2, 0.25) is 0 Å². The maximum atomic E-state index is 5.93. The molecular formula is C19H19NO2. The van der Waals surface area contributed by atoms with Gasteiger partial charge in [-0.05, 0) is 34.5 Å². The number of fused-ring (bicyclic) bond motifs is 1. The summed E-state index contributed by atoms with van der Waals surface area (Å²) in [6, 6.07) is 20.0. The molecule has 0 aromatic heterocycles. The van der Waals surface area contributed by atoms with Crippen molar-refractivity contribution in [2.45, 2.75) is 6.10 Å². The molecule has 0 amide bonds. The molecular weight excluding hydrogens is 274 g/mol. The van der Waals surface area contributed by atoms with Crippen LogP contribution in [-0.4, -0.2) is 14.2 Å². The number of nitrogen functional groups attached to an aromatic ring is 1. The molecule has 3 aromatic rings.